The van der Waals surface area contributed by atoms with E-state index in [-0.39, 0.29) is 11.8 Å². The van der Waals surface area contributed by atoms with Gasteiger partial charge in [-0.2, -0.15) is 0 Å². The van der Waals surface area contributed by atoms with Gasteiger partial charge in [0.15, 0.2) is 0 Å². The van der Waals surface area contributed by atoms with Crippen molar-refractivity contribution in [3.63, 3.8) is 0 Å². The number of rotatable bonds is 10. The normalized spacial score (nSPS) is 11.2. The molecule has 0 fully saturated rings. The third kappa shape index (κ3) is 5.48. The molecule has 0 heterocycles. The Balaban J connectivity index is 2.85. The van der Waals surface area contributed by atoms with Crippen molar-refractivity contribution >= 4 is 23.2 Å². The van der Waals surface area contributed by atoms with Gasteiger partial charge in [0.25, 0.3) is 0 Å². The van der Waals surface area contributed by atoms with E-state index >= 15 is 0 Å². The Hall–Kier alpha value is -2.04. The minimum Gasteiger partial charge on any atom is -0.372 e. The predicted octanol–water partition coefficient (Wildman–Crippen LogP) is 4.15. The van der Waals surface area contributed by atoms with Crippen molar-refractivity contribution in [1.29, 1.82) is 0 Å². The fourth-order valence-electron chi connectivity index (χ4n) is 2.98. The summed E-state index contributed by atoms with van der Waals surface area (Å²) >= 11 is 0. The van der Waals surface area contributed by atoms with Crippen molar-refractivity contribution in [3.05, 3.63) is 24.3 Å². The van der Waals surface area contributed by atoms with Crippen molar-refractivity contribution < 1.29 is 9.59 Å². The fourth-order valence-corrected chi connectivity index (χ4v) is 2.98. The van der Waals surface area contributed by atoms with Crippen LogP contribution in [0.25, 0.3) is 0 Å². The van der Waals surface area contributed by atoms with E-state index in [2.05, 4.69) is 24.1 Å². The van der Waals surface area contributed by atoms with Crippen molar-refractivity contribution in [1.82, 2.24) is 4.90 Å². The molecular weight excluding hydrogens is 326 g/mol. The van der Waals surface area contributed by atoms with Gasteiger partial charge >= 0.3 is 0 Å². The zero-order chi connectivity index (χ0) is 19.7. The van der Waals surface area contributed by atoms with Crippen LogP contribution < -0.4 is 10.2 Å². The maximum Gasteiger partial charge on any atom is 0.239 e. The van der Waals surface area contributed by atoms with Crippen LogP contribution in [0.5, 0.6) is 0 Å². The van der Waals surface area contributed by atoms with Crippen molar-refractivity contribution in [2.24, 2.45) is 5.41 Å². The average molecular weight is 362 g/mol. The summed E-state index contributed by atoms with van der Waals surface area (Å²) < 4.78 is 0. The molecule has 0 bridgehead atoms. The van der Waals surface area contributed by atoms with E-state index in [1.165, 1.54) is 0 Å². The Morgan fingerprint density at radius 1 is 0.923 bits per heavy atom. The first-order valence-electron chi connectivity index (χ1n) is 9.77. The van der Waals surface area contributed by atoms with Crippen LogP contribution in [-0.4, -0.2) is 42.9 Å². The lowest BCUT2D eigenvalue weighted by atomic mass is 9.90. The molecule has 0 aliphatic rings. The Bertz CT molecular complexity index is 571. The number of hydrogen-bond acceptors (Lipinski definition) is 3. The van der Waals surface area contributed by atoms with E-state index < -0.39 is 5.41 Å². The Kier molecular flexibility index (Phi) is 8.62. The molecule has 0 unspecified atom stereocenters. The highest BCUT2D eigenvalue weighted by Crippen LogP contribution is 2.24. The number of nitrogens with one attached hydrogen (secondary N) is 1. The van der Waals surface area contributed by atoms with E-state index in [0.717, 1.165) is 31.6 Å². The van der Waals surface area contributed by atoms with Gasteiger partial charge in [-0.3, -0.25) is 9.59 Å². The summed E-state index contributed by atoms with van der Waals surface area (Å²) in [6.45, 7) is 15.0. The maximum atomic E-state index is 12.9. The lowest BCUT2D eigenvalue weighted by molar-refractivity contribution is -0.146. The molecule has 0 atom stereocenters. The highest BCUT2D eigenvalue weighted by molar-refractivity contribution is 6.09. The highest BCUT2D eigenvalue weighted by Gasteiger charge is 2.38. The van der Waals surface area contributed by atoms with Crippen molar-refractivity contribution in [2.75, 3.05) is 36.4 Å². The first kappa shape index (κ1) is 22.0. The molecule has 26 heavy (non-hydrogen) atoms. The molecule has 2 amide bonds. The number of carbonyl (C=O) groups excluding carboxylic acids is 2. The molecule has 0 aliphatic carbocycles. The number of carbonyl (C=O) groups is 2. The summed E-state index contributed by atoms with van der Waals surface area (Å²) in [6, 6.07) is 7.78. The van der Waals surface area contributed by atoms with Gasteiger partial charge in [0.1, 0.15) is 5.41 Å². The number of nitrogens with zero attached hydrogens (tertiary/aromatic N) is 2. The SMILES string of the molecule is CCCN(CCC)C(=O)C(C)(C)C(=O)Nc1ccc(N(CC)CC)cc1. The monoisotopic (exact) mass is 361 g/mol. The second-order valence-corrected chi connectivity index (χ2v) is 7.09. The second-order valence-electron chi connectivity index (χ2n) is 7.09. The average Bonchev–Trinajstić information content (AvgIpc) is 2.63. The number of anilines is 2. The molecule has 1 aromatic carbocycles. The summed E-state index contributed by atoms with van der Waals surface area (Å²) in [6.07, 6.45) is 1.77. The lowest BCUT2D eigenvalue weighted by Crippen LogP contribution is -2.47. The molecular formula is C21H35N3O2. The Morgan fingerprint density at radius 3 is 1.85 bits per heavy atom. The van der Waals surface area contributed by atoms with Gasteiger partial charge in [-0.05, 0) is 64.8 Å². The number of amides is 2. The van der Waals surface area contributed by atoms with E-state index in [9.17, 15) is 9.59 Å². The van der Waals surface area contributed by atoms with Gasteiger partial charge in [-0.1, -0.05) is 13.8 Å². The maximum absolute atomic E-state index is 12.9. The standard InChI is InChI=1S/C21H35N3O2/c1-7-15-24(16-8-2)20(26)21(5,6)19(25)22-17-11-13-18(14-12-17)23(9-3)10-4/h11-14H,7-10,15-16H2,1-6H3,(H,22,25). The summed E-state index contributed by atoms with van der Waals surface area (Å²) in [5.41, 5.74) is 0.742. The molecule has 0 aromatic heterocycles. The van der Waals surface area contributed by atoms with Crippen LogP contribution in [0.4, 0.5) is 11.4 Å². The minimum atomic E-state index is -1.10. The van der Waals surface area contributed by atoms with Crippen molar-refractivity contribution in [3.8, 4) is 0 Å². The Morgan fingerprint density at radius 2 is 1.42 bits per heavy atom. The van der Waals surface area contributed by atoms with Crippen LogP contribution >= 0.6 is 0 Å². The van der Waals surface area contributed by atoms with Crippen LogP contribution in [0, 0.1) is 5.41 Å². The summed E-state index contributed by atoms with van der Waals surface area (Å²) in [5, 5.41) is 2.90. The Labute approximate surface area is 158 Å². The van der Waals surface area contributed by atoms with Crippen LogP contribution in [-0.2, 0) is 9.59 Å². The molecule has 1 rings (SSSR count). The predicted molar refractivity (Wildman–Crippen MR) is 110 cm³/mol. The molecule has 5 nitrogen and oxygen atoms in total. The zero-order valence-corrected chi connectivity index (χ0v) is 17.3. The first-order valence-corrected chi connectivity index (χ1v) is 9.77. The molecule has 0 saturated carbocycles. The third-order valence-corrected chi connectivity index (χ3v) is 4.63. The first-order chi connectivity index (χ1) is 12.3. The molecule has 0 radical (unpaired) electrons. The van der Waals surface area contributed by atoms with Gasteiger partial charge in [-0.25, -0.2) is 0 Å². The van der Waals surface area contributed by atoms with Crippen molar-refractivity contribution in [2.45, 2.75) is 54.4 Å². The summed E-state index contributed by atoms with van der Waals surface area (Å²) in [4.78, 5) is 29.6. The van der Waals surface area contributed by atoms with E-state index in [0.29, 0.717) is 18.8 Å². The van der Waals surface area contributed by atoms with Crippen LogP contribution in [0.3, 0.4) is 0 Å². The summed E-state index contributed by atoms with van der Waals surface area (Å²) in [5.74, 6) is -0.381. The largest absolute Gasteiger partial charge is 0.372 e. The third-order valence-electron chi connectivity index (χ3n) is 4.63. The van der Waals surface area contributed by atoms with E-state index in [1.54, 1.807) is 18.7 Å². The second kappa shape index (κ2) is 10.2. The molecule has 1 N–H and O–H groups in total. The van der Waals surface area contributed by atoms with Gasteiger partial charge < -0.3 is 15.1 Å². The highest BCUT2D eigenvalue weighted by atomic mass is 16.2. The molecule has 0 spiro atoms. The minimum absolute atomic E-state index is 0.113. The lowest BCUT2D eigenvalue weighted by Gasteiger charge is -2.31. The van der Waals surface area contributed by atoms with Crippen LogP contribution in [0.15, 0.2) is 24.3 Å². The van der Waals surface area contributed by atoms with E-state index in [4.69, 9.17) is 0 Å². The smallest absolute Gasteiger partial charge is 0.239 e. The van der Waals surface area contributed by atoms with E-state index in [1.807, 2.05) is 38.1 Å². The number of benzene rings is 1. The molecule has 0 saturated heterocycles. The molecule has 146 valence electrons. The summed E-state index contributed by atoms with van der Waals surface area (Å²) in [7, 11) is 0. The van der Waals surface area contributed by atoms with Gasteiger partial charge in [-0.15, -0.1) is 0 Å². The molecule has 0 aliphatic heterocycles. The van der Waals surface area contributed by atoms with Gasteiger partial charge in [0.2, 0.25) is 11.8 Å². The van der Waals surface area contributed by atoms with Gasteiger partial charge in [0.05, 0.1) is 0 Å². The van der Waals surface area contributed by atoms with Gasteiger partial charge in [0, 0.05) is 37.6 Å². The topological polar surface area (TPSA) is 52.7 Å². The number of hydrogen-bond donors (Lipinski definition) is 1. The molecule has 5 heteroatoms. The molecule has 1 aromatic rings. The quantitative estimate of drug-likeness (QED) is 0.637. The fraction of sp³-hybridized carbons (Fsp3) is 0.619. The van der Waals surface area contributed by atoms with Crippen LogP contribution in [0.1, 0.15) is 54.4 Å². The zero-order valence-electron chi connectivity index (χ0n) is 17.3. The van der Waals surface area contributed by atoms with Crippen LogP contribution in [0.2, 0.25) is 0 Å².